The third kappa shape index (κ3) is 5.19. The minimum Gasteiger partial charge on any atom is -0.377 e. The van der Waals surface area contributed by atoms with E-state index < -0.39 is 0 Å². The fourth-order valence-corrected chi connectivity index (χ4v) is 5.82. The molecular formula is C27H38N6O2. The molecule has 1 saturated carbocycles. The van der Waals surface area contributed by atoms with E-state index in [-0.39, 0.29) is 17.7 Å². The molecular weight excluding hydrogens is 440 g/mol. The average molecular weight is 479 g/mol. The summed E-state index contributed by atoms with van der Waals surface area (Å²) in [6.45, 7) is 8.48. The molecule has 1 aliphatic heterocycles. The van der Waals surface area contributed by atoms with Crippen LogP contribution in [-0.4, -0.2) is 49.3 Å². The molecule has 2 atom stereocenters. The topological polar surface area (TPSA) is 88.9 Å². The third-order valence-electron chi connectivity index (χ3n) is 7.94. The SMILES string of the molecule is CC[C@H](c1nnnn1C1CCCCC1)N(Cc1cc2cc(C)c(C)cc2[nH]c1=O)C[C@@H]1CCCO1. The molecule has 2 aromatic heterocycles. The van der Waals surface area contributed by atoms with Gasteiger partial charge >= 0.3 is 0 Å². The summed E-state index contributed by atoms with van der Waals surface area (Å²) < 4.78 is 8.10. The first-order valence-corrected chi connectivity index (χ1v) is 13.3. The van der Waals surface area contributed by atoms with Gasteiger partial charge < -0.3 is 9.72 Å². The van der Waals surface area contributed by atoms with Crippen molar-refractivity contribution in [3.05, 3.63) is 51.1 Å². The van der Waals surface area contributed by atoms with Crippen molar-refractivity contribution in [1.82, 2.24) is 30.1 Å². The summed E-state index contributed by atoms with van der Waals surface area (Å²) in [5.74, 6) is 0.918. The number of tetrazole rings is 1. The predicted octanol–water partition coefficient (Wildman–Crippen LogP) is 4.77. The first kappa shape index (κ1) is 24.1. The van der Waals surface area contributed by atoms with Crippen LogP contribution < -0.4 is 5.56 Å². The van der Waals surface area contributed by atoms with Crippen molar-refractivity contribution in [3.63, 3.8) is 0 Å². The Morgan fingerprint density at radius 1 is 1.11 bits per heavy atom. The molecule has 188 valence electrons. The van der Waals surface area contributed by atoms with Crippen molar-refractivity contribution < 1.29 is 4.74 Å². The van der Waals surface area contributed by atoms with Crippen LogP contribution >= 0.6 is 0 Å². The Hall–Kier alpha value is -2.58. The normalized spacial score (nSPS) is 20.2. The number of rotatable bonds is 8. The fourth-order valence-electron chi connectivity index (χ4n) is 5.82. The Bertz CT molecular complexity index is 1210. The summed E-state index contributed by atoms with van der Waals surface area (Å²) in [6.07, 6.45) is 9.18. The van der Waals surface area contributed by atoms with Gasteiger partial charge in [-0.05, 0) is 91.1 Å². The molecule has 3 aromatic rings. The van der Waals surface area contributed by atoms with Crippen molar-refractivity contribution in [2.24, 2.45) is 0 Å². The van der Waals surface area contributed by atoms with Crippen LogP contribution in [0.5, 0.6) is 0 Å². The van der Waals surface area contributed by atoms with E-state index in [9.17, 15) is 4.79 Å². The Labute approximate surface area is 207 Å². The zero-order valence-corrected chi connectivity index (χ0v) is 21.3. The minimum absolute atomic E-state index is 0.0194. The van der Waals surface area contributed by atoms with E-state index >= 15 is 0 Å². The molecule has 0 radical (unpaired) electrons. The van der Waals surface area contributed by atoms with Gasteiger partial charge in [-0.3, -0.25) is 9.69 Å². The molecule has 8 nitrogen and oxygen atoms in total. The summed E-state index contributed by atoms with van der Waals surface area (Å²) in [7, 11) is 0. The van der Waals surface area contributed by atoms with Crippen LogP contribution in [0.25, 0.3) is 10.9 Å². The molecule has 2 aliphatic rings. The summed E-state index contributed by atoms with van der Waals surface area (Å²) >= 11 is 0. The van der Waals surface area contributed by atoms with Gasteiger partial charge in [-0.15, -0.1) is 5.10 Å². The standard InChI is InChI=1S/C27H38N6O2/c1-4-25(26-29-30-31-33(26)22-9-6-5-7-10-22)32(17-23-11-8-12-35-23)16-21-15-20-13-18(2)19(3)14-24(20)28-27(21)34/h13-15,22-23,25H,4-12,16-17H2,1-3H3,(H,28,34)/t23-,25+/m0/s1. The van der Waals surface area contributed by atoms with Crippen molar-refractivity contribution in [1.29, 1.82) is 0 Å². The van der Waals surface area contributed by atoms with E-state index in [2.05, 4.69) is 69.1 Å². The lowest BCUT2D eigenvalue weighted by molar-refractivity contribution is 0.0481. The second-order valence-corrected chi connectivity index (χ2v) is 10.4. The average Bonchev–Trinajstić information content (AvgIpc) is 3.55. The van der Waals surface area contributed by atoms with Crippen molar-refractivity contribution in [2.45, 2.75) is 96.9 Å². The van der Waals surface area contributed by atoms with Gasteiger partial charge in [-0.2, -0.15) is 0 Å². The summed E-state index contributed by atoms with van der Waals surface area (Å²) in [5.41, 5.74) is 4.04. The Kier molecular flexibility index (Phi) is 7.29. The highest BCUT2D eigenvalue weighted by Crippen LogP contribution is 2.32. The molecule has 3 heterocycles. The number of hydrogen-bond donors (Lipinski definition) is 1. The van der Waals surface area contributed by atoms with Gasteiger partial charge in [0.25, 0.3) is 5.56 Å². The van der Waals surface area contributed by atoms with Crippen molar-refractivity contribution in [2.75, 3.05) is 13.2 Å². The number of pyridine rings is 1. The molecule has 5 rings (SSSR count). The molecule has 1 N–H and O–H groups in total. The number of aromatic amines is 1. The summed E-state index contributed by atoms with van der Waals surface area (Å²) in [6, 6.07) is 6.66. The first-order chi connectivity index (χ1) is 17.0. The van der Waals surface area contributed by atoms with Crippen LogP contribution in [0.15, 0.2) is 23.0 Å². The summed E-state index contributed by atoms with van der Waals surface area (Å²) in [4.78, 5) is 18.6. The van der Waals surface area contributed by atoms with E-state index in [0.717, 1.165) is 67.5 Å². The number of fused-ring (bicyclic) bond motifs is 1. The highest BCUT2D eigenvalue weighted by atomic mass is 16.5. The number of aromatic nitrogens is 5. The summed E-state index contributed by atoms with van der Waals surface area (Å²) in [5, 5.41) is 14.1. The molecule has 1 aromatic carbocycles. The maximum Gasteiger partial charge on any atom is 0.252 e. The van der Waals surface area contributed by atoms with Crippen LogP contribution in [-0.2, 0) is 11.3 Å². The number of aryl methyl sites for hydroxylation is 2. The second kappa shape index (κ2) is 10.6. The van der Waals surface area contributed by atoms with Crippen LogP contribution in [0, 0.1) is 13.8 Å². The van der Waals surface area contributed by atoms with Gasteiger partial charge in [0.15, 0.2) is 5.82 Å². The molecule has 1 saturated heterocycles. The molecule has 35 heavy (non-hydrogen) atoms. The lowest BCUT2D eigenvalue weighted by Gasteiger charge is -2.33. The highest BCUT2D eigenvalue weighted by molar-refractivity contribution is 5.80. The predicted molar refractivity (Wildman–Crippen MR) is 136 cm³/mol. The quantitative estimate of drug-likeness (QED) is 0.502. The van der Waals surface area contributed by atoms with Crippen LogP contribution in [0.1, 0.15) is 92.9 Å². The molecule has 0 bridgehead atoms. The van der Waals surface area contributed by atoms with Gasteiger partial charge in [-0.25, -0.2) is 4.68 Å². The maximum absolute atomic E-state index is 13.2. The second-order valence-electron chi connectivity index (χ2n) is 10.4. The van der Waals surface area contributed by atoms with E-state index in [0.29, 0.717) is 12.6 Å². The van der Waals surface area contributed by atoms with Crippen LogP contribution in [0.4, 0.5) is 0 Å². The van der Waals surface area contributed by atoms with E-state index in [1.54, 1.807) is 0 Å². The number of hydrogen-bond acceptors (Lipinski definition) is 6. The number of benzene rings is 1. The first-order valence-electron chi connectivity index (χ1n) is 13.3. The van der Waals surface area contributed by atoms with Gasteiger partial charge in [-0.1, -0.05) is 26.2 Å². The smallest absolute Gasteiger partial charge is 0.252 e. The molecule has 0 unspecified atom stereocenters. The van der Waals surface area contributed by atoms with Gasteiger partial charge in [0, 0.05) is 30.8 Å². The Morgan fingerprint density at radius 3 is 2.66 bits per heavy atom. The van der Waals surface area contributed by atoms with Crippen LogP contribution in [0.2, 0.25) is 0 Å². The van der Waals surface area contributed by atoms with Gasteiger partial charge in [0.05, 0.1) is 18.2 Å². The number of nitrogens with zero attached hydrogens (tertiary/aromatic N) is 5. The van der Waals surface area contributed by atoms with Crippen LogP contribution in [0.3, 0.4) is 0 Å². The molecule has 1 aliphatic carbocycles. The maximum atomic E-state index is 13.2. The lowest BCUT2D eigenvalue weighted by Crippen LogP contribution is -2.38. The fraction of sp³-hybridized carbons (Fsp3) is 0.630. The zero-order chi connectivity index (χ0) is 24.4. The third-order valence-corrected chi connectivity index (χ3v) is 7.94. The number of ether oxygens (including phenoxy) is 1. The Morgan fingerprint density at radius 2 is 1.91 bits per heavy atom. The molecule has 0 amide bonds. The van der Waals surface area contributed by atoms with Crippen molar-refractivity contribution in [3.8, 4) is 0 Å². The van der Waals surface area contributed by atoms with E-state index in [1.165, 1.54) is 30.4 Å². The molecule has 0 spiro atoms. The molecule has 8 heteroatoms. The lowest BCUT2D eigenvalue weighted by atomic mass is 9.95. The minimum atomic E-state index is -0.0279. The highest BCUT2D eigenvalue weighted by Gasteiger charge is 2.31. The largest absolute Gasteiger partial charge is 0.377 e. The number of nitrogens with one attached hydrogen (secondary N) is 1. The van der Waals surface area contributed by atoms with E-state index in [1.807, 2.05) is 0 Å². The Balaban J connectivity index is 1.49. The van der Waals surface area contributed by atoms with Gasteiger partial charge in [0.2, 0.25) is 0 Å². The zero-order valence-electron chi connectivity index (χ0n) is 21.3. The number of H-pyrrole nitrogens is 1. The van der Waals surface area contributed by atoms with Crippen molar-refractivity contribution >= 4 is 10.9 Å². The monoisotopic (exact) mass is 478 g/mol. The van der Waals surface area contributed by atoms with E-state index in [4.69, 9.17) is 4.74 Å². The molecule has 2 fully saturated rings. The van der Waals surface area contributed by atoms with Gasteiger partial charge in [0.1, 0.15) is 0 Å².